The van der Waals surface area contributed by atoms with Crippen molar-refractivity contribution in [1.29, 1.82) is 0 Å². The van der Waals surface area contributed by atoms with Gasteiger partial charge in [-0.05, 0) is 32.4 Å². The van der Waals surface area contributed by atoms with Crippen molar-refractivity contribution in [3.05, 3.63) is 30.3 Å². The van der Waals surface area contributed by atoms with Gasteiger partial charge in [0.1, 0.15) is 5.75 Å². The number of carbonyl (C=O) groups is 2. The van der Waals surface area contributed by atoms with Crippen LogP contribution in [0.3, 0.4) is 0 Å². The number of nitrogens with zero attached hydrogens (tertiary/aromatic N) is 1. The van der Waals surface area contributed by atoms with Crippen molar-refractivity contribution < 1.29 is 27.5 Å². The minimum Gasteiger partial charge on any atom is -0.493 e. The summed E-state index contributed by atoms with van der Waals surface area (Å²) in [7, 11) is -3.09. The molecule has 0 bridgehead atoms. The number of esters is 1. The van der Waals surface area contributed by atoms with E-state index < -0.39 is 21.9 Å². The molecule has 0 spiro atoms. The molecule has 1 aromatic carbocycles. The lowest BCUT2D eigenvalue weighted by molar-refractivity contribution is -0.160. The minimum atomic E-state index is -3.09. The number of sulfone groups is 1. The first-order valence-electron chi connectivity index (χ1n) is 8.70. The molecular weight excluding hydrogens is 358 g/mol. The second-order valence-electron chi connectivity index (χ2n) is 6.22. The van der Waals surface area contributed by atoms with Crippen LogP contribution in [0.1, 0.15) is 26.7 Å². The van der Waals surface area contributed by atoms with Gasteiger partial charge in [0.25, 0.3) is 5.91 Å². The number of benzene rings is 1. The Bertz CT molecular complexity index is 718. The Morgan fingerprint density at radius 1 is 1.27 bits per heavy atom. The van der Waals surface area contributed by atoms with Gasteiger partial charge in [-0.25, -0.2) is 8.42 Å². The highest BCUT2D eigenvalue weighted by Gasteiger charge is 2.36. The number of ether oxygens (including phenoxy) is 2. The van der Waals surface area contributed by atoms with Gasteiger partial charge in [-0.15, -0.1) is 0 Å². The monoisotopic (exact) mass is 383 g/mol. The molecule has 144 valence electrons. The van der Waals surface area contributed by atoms with E-state index in [1.54, 1.807) is 19.1 Å². The summed E-state index contributed by atoms with van der Waals surface area (Å²) in [6, 6.07) is 8.75. The van der Waals surface area contributed by atoms with Crippen LogP contribution in [0.4, 0.5) is 0 Å². The highest BCUT2D eigenvalue weighted by atomic mass is 32.2. The zero-order chi connectivity index (χ0) is 19.2. The lowest BCUT2D eigenvalue weighted by atomic mass is 10.2. The van der Waals surface area contributed by atoms with Crippen LogP contribution in [0.2, 0.25) is 0 Å². The first-order valence-corrected chi connectivity index (χ1v) is 10.5. The van der Waals surface area contributed by atoms with Crippen LogP contribution in [-0.2, 0) is 24.2 Å². The van der Waals surface area contributed by atoms with Gasteiger partial charge >= 0.3 is 5.97 Å². The third-order valence-electron chi connectivity index (χ3n) is 4.25. The first-order chi connectivity index (χ1) is 12.3. The fraction of sp³-hybridized carbons (Fsp3) is 0.556. The molecule has 1 saturated heterocycles. The van der Waals surface area contributed by atoms with E-state index in [2.05, 4.69) is 0 Å². The summed E-state index contributed by atoms with van der Waals surface area (Å²) in [4.78, 5) is 25.9. The number of carbonyl (C=O) groups excluding carboxylic acids is 2. The number of hydrogen-bond acceptors (Lipinski definition) is 6. The minimum absolute atomic E-state index is 0.0243. The largest absolute Gasteiger partial charge is 0.493 e. The van der Waals surface area contributed by atoms with E-state index in [1.807, 2.05) is 18.2 Å². The second-order valence-corrected chi connectivity index (χ2v) is 8.45. The summed E-state index contributed by atoms with van der Waals surface area (Å²) in [5.41, 5.74) is 0. The van der Waals surface area contributed by atoms with Crippen molar-refractivity contribution in [3.63, 3.8) is 0 Å². The van der Waals surface area contributed by atoms with Crippen molar-refractivity contribution in [3.8, 4) is 5.75 Å². The van der Waals surface area contributed by atoms with Gasteiger partial charge in [-0.1, -0.05) is 18.2 Å². The van der Waals surface area contributed by atoms with Crippen molar-refractivity contribution in [2.24, 2.45) is 0 Å². The SMILES string of the molecule is CCN(C(=O)C(C)OC(=O)CCOc1ccccc1)C1CCS(=O)(=O)C1. The van der Waals surface area contributed by atoms with Gasteiger partial charge in [-0.3, -0.25) is 9.59 Å². The van der Waals surface area contributed by atoms with Crippen molar-refractivity contribution in [1.82, 2.24) is 4.90 Å². The van der Waals surface area contributed by atoms with Gasteiger partial charge in [0.15, 0.2) is 15.9 Å². The molecule has 1 aliphatic heterocycles. The van der Waals surface area contributed by atoms with E-state index in [0.717, 1.165) is 0 Å². The predicted molar refractivity (Wildman–Crippen MR) is 96.6 cm³/mol. The first kappa shape index (κ1) is 20.2. The fourth-order valence-corrected chi connectivity index (χ4v) is 4.65. The van der Waals surface area contributed by atoms with E-state index in [9.17, 15) is 18.0 Å². The quantitative estimate of drug-likeness (QED) is 0.631. The highest BCUT2D eigenvalue weighted by Crippen LogP contribution is 2.19. The van der Waals surface area contributed by atoms with Gasteiger partial charge < -0.3 is 14.4 Å². The summed E-state index contributed by atoms with van der Waals surface area (Å²) in [5, 5.41) is 0. The molecule has 0 aromatic heterocycles. The Hall–Kier alpha value is -2.09. The van der Waals surface area contributed by atoms with Crippen molar-refractivity contribution in [2.75, 3.05) is 24.7 Å². The molecule has 1 aromatic rings. The summed E-state index contributed by atoms with van der Waals surface area (Å²) in [5.74, 6) is -0.183. The van der Waals surface area contributed by atoms with E-state index in [1.165, 1.54) is 11.8 Å². The molecule has 1 amide bonds. The van der Waals surface area contributed by atoms with Crippen LogP contribution < -0.4 is 4.74 Å². The molecule has 2 rings (SSSR count). The van der Waals surface area contributed by atoms with Crippen LogP contribution in [0, 0.1) is 0 Å². The average molecular weight is 383 g/mol. The van der Waals surface area contributed by atoms with Crippen LogP contribution >= 0.6 is 0 Å². The number of hydrogen-bond donors (Lipinski definition) is 0. The lowest BCUT2D eigenvalue weighted by Crippen LogP contribution is -2.46. The fourth-order valence-electron chi connectivity index (χ4n) is 2.92. The maximum absolute atomic E-state index is 12.5. The summed E-state index contributed by atoms with van der Waals surface area (Å²) >= 11 is 0. The third-order valence-corrected chi connectivity index (χ3v) is 6.00. The maximum Gasteiger partial charge on any atom is 0.310 e. The summed E-state index contributed by atoms with van der Waals surface area (Å²) < 4.78 is 33.9. The Morgan fingerprint density at radius 3 is 2.54 bits per heavy atom. The maximum atomic E-state index is 12.5. The van der Waals surface area contributed by atoms with Crippen molar-refractivity contribution in [2.45, 2.75) is 38.8 Å². The molecule has 0 N–H and O–H groups in total. The Balaban J connectivity index is 1.80. The van der Waals surface area contributed by atoms with Gasteiger partial charge in [0, 0.05) is 12.6 Å². The van der Waals surface area contributed by atoms with E-state index >= 15 is 0 Å². The van der Waals surface area contributed by atoms with Crippen LogP contribution in [-0.4, -0.2) is 62.0 Å². The number of para-hydroxylation sites is 1. The Kier molecular flexibility index (Phi) is 7.02. The molecule has 0 aliphatic carbocycles. The van der Waals surface area contributed by atoms with Gasteiger partial charge in [-0.2, -0.15) is 0 Å². The molecule has 0 saturated carbocycles. The van der Waals surface area contributed by atoms with Crippen LogP contribution in [0.25, 0.3) is 0 Å². The molecule has 2 atom stereocenters. The smallest absolute Gasteiger partial charge is 0.310 e. The van der Waals surface area contributed by atoms with Crippen molar-refractivity contribution >= 4 is 21.7 Å². The molecule has 26 heavy (non-hydrogen) atoms. The topological polar surface area (TPSA) is 90.0 Å². The molecule has 1 heterocycles. The molecule has 7 nitrogen and oxygen atoms in total. The van der Waals surface area contributed by atoms with E-state index in [4.69, 9.17) is 9.47 Å². The van der Waals surface area contributed by atoms with Gasteiger partial charge in [0.05, 0.1) is 24.5 Å². The molecule has 1 fully saturated rings. The third kappa shape index (κ3) is 5.72. The number of rotatable bonds is 8. The van der Waals surface area contributed by atoms with Crippen LogP contribution in [0.15, 0.2) is 30.3 Å². The molecule has 2 unspecified atom stereocenters. The standard InChI is InChI=1S/C18H25NO6S/c1-3-19(15-10-12-26(22,23)13-15)18(21)14(2)25-17(20)9-11-24-16-7-5-4-6-8-16/h4-8,14-15H,3,9-13H2,1-2H3. The zero-order valence-electron chi connectivity index (χ0n) is 15.1. The molecular formula is C18H25NO6S. The van der Waals surface area contributed by atoms with Gasteiger partial charge in [0.2, 0.25) is 0 Å². The van der Waals surface area contributed by atoms with Crippen LogP contribution in [0.5, 0.6) is 5.75 Å². The molecule has 1 aliphatic rings. The lowest BCUT2D eigenvalue weighted by Gasteiger charge is -2.29. The predicted octanol–water partition coefficient (Wildman–Crippen LogP) is 1.42. The number of likely N-dealkylation sites (N-methyl/N-ethyl adjacent to an activating group) is 1. The molecule has 0 radical (unpaired) electrons. The normalized spacial score (nSPS) is 19.5. The summed E-state index contributed by atoms with van der Waals surface area (Å²) in [6.07, 6.45) is -0.508. The Labute approximate surface area is 154 Å². The van der Waals surface area contributed by atoms with E-state index in [0.29, 0.717) is 18.7 Å². The molecule has 8 heteroatoms. The number of amides is 1. The average Bonchev–Trinajstić information content (AvgIpc) is 2.96. The van der Waals surface area contributed by atoms with E-state index in [-0.39, 0.29) is 36.5 Å². The Morgan fingerprint density at radius 2 is 1.96 bits per heavy atom. The highest BCUT2D eigenvalue weighted by molar-refractivity contribution is 7.91. The second kappa shape index (κ2) is 9.02. The zero-order valence-corrected chi connectivity index (χ0v) is 15.9. The summed E-state index contributed by atoms with van der Waals surface area (Å²) in [6.45, 7) is 3.82.